The predicted octanol–water partition coefficient (Wildman–Crippen LogP) is -0.157. The molecule has 15 heavy (non-hydrogen) atoms. The van der Waals surface area contributed by atoms with Gasteiger partial charge >= 0.3 is 94.6 Å². The maximum absolute atomic E-state index is 2.80. The molecule has 4 saturated heterocycles. The zero-order valence-corrected chi connectivity index (χ0v) is 10.1. The van der Waals surface area contributed by atoms with Crippen LogP contribution in [0, 0.1) is 0 Å². The van der Waals surface area contributed by atoms with Crippen molar-refractivity contribution < 1.29 is 13.7 Å². The van der Waals surface area contributed by atoms with Crippen LogP contribution in [0.3, 0.4) is 0 Å². The Labute approximate surface area is 94.9 Å². The summed E-state index contributed by atoms with van der Waals surface area (Å²) in [4.78, 5) is 0. The molecule has 91 valence electrons. The molecule has 0 atom stereocenters. The van der Waals surface area contributed by atoms with E-state index in [0.717, 1.165) is 0 Å². The molecule has 0 aromatic heterocycles. The average Bonchev–Trinajstić information content (AvgIpc) is 2.83. The van der Waals surface area contributed by atoms with Crippen LogP contribution >= 0.6 is 0 Å². The minimum atomic E-state index is -0.695. The van der Waals surface area contributed by atoms with Crippen LogP contribution in [0.15, 0.2) is 0 Å². The summed E-state index contributed by atoms with van der Waals surface area (Å²) in [5.41, 5.74) is 0. The second-order valence-electron chi connectivity index (χ2n) is 4.51. The van der Waals surface area contributed by atoms with Gasteiger partial charge < -0.3 is 0 Å². The molecule has 0 unspecified atom stereocenters. The SMILES string of the molecule is C1C[N]2CC[N]3CCC[N]4CC[N](C1)[Cu]234. The molecule has 0 N–H and O–H groups in total. The third-order valence-corrected chi connectivity index (χ3v) is 8.54. The van der Waals surface area contributed by atoms with Crippen LogP contribution in [-0.2, 0) is 13.7 Å². The molecule has 0 aromatic rings. The molecule has 0 amide bonds. The Morgan fingerprint density at radius 3 is 1.13 bits per heavy atom. The third kappa shape index (κ3) is 1.02. The monoisotopic (exact) mass is 259 g/mol. The second-order valence-corrected chi connectivity index (χ2v) is 8.03. The van der Waals surface area contributed by atoms with Gasteiger partial charge in [0.1, 0.15) is 0 Å². The Morgan fingerprint density at radius 2 is 0.800 bits per heavy atom. The molecular formula is C10H20CuN4. The van der Waals surface area contributed by atoms with Crippen molar-refractivity contribution in [3.8, 4) is 0 Å². The summed E-state index contributed by atoms with van der Waals surface area (Å²) in [6, 6.07) is 0. The Balaban J connectivity index is 1.81. The maximum atomic E-state index is 2.80. The van der Waals surface area contributed by atoms with Crippen molar-refractivity contribution in [2.75, 3.05) is 52.4 Å². The van der Waals surface area contributed by atoms with E-state index in [2.05, 4.69) is 15.7 Å². The van der Waals surface area contributed by atoms with Crippen molar-refractivity contribution >= 4 is 0 Å². The molecule has 4 fully saturated rings. The number of rotatable bonds is 0. The molecular weight excluding hydrogens is 240 g/mol. The predicted molar refractivity (Wildman–Crippen MR) is 55.5 cm³/mol. The molecule has 0 radical (unpaired) electrons. The topological polar surface area (TPSA) is 13.0 Å². The van der Waals surface area contributed by atoms with E-state index in [1.165, 1.54) is 65.2 Å². The van der Waals surface area contributed by atoms with Gasteiger partial charge in [-0.25, -0.2) is 0 Å². The van der Waals surface area contributed by atoms with Gasteiger partial charge in [0.2, 0.25) is 0 Å². The van der Waals surface area contributed by atoms with Crippen molar-refractivity contribution in [1.29, 1.82) is 0 Å². The first kappa shape index (κ1) is 9.40. The first-order valence-electron chi connectivity index (χ1n) is 6.07. The Bertz CT molecular complexity index is 229. The van der Waals surface area contributed by atoms with Gasteiger partial charge in [0.05, 0.1) is 0 Å². The fourth-order valence-corrected chi connectivity index (χ4v) is 8.57. The van der Waals surface area contributed by atoms with E-state index in [4.69, 9.17) is 0 Å². The van der Waals surface area contributed by atoms with Crippen molar-refractivity contribution in [3.63, 3.8) is 0 Å². The van der Waals surface area contributed by atoms with Gasteiger partial charge in [-0.3, -0.25) is 0 Å². The number of hydrogen-bond donors (Lipinski definition) is 0. The molecule has 5 heteroatoms. The fourth-order valence-electron chi connectivity index (χ4n) is 3.08. The van der Waals surface area contributed by atoms with Crippen molar-refractivity contribution in [1.82, 2.24) is 15.7 Å². The van der Waals surface area contributed by atoms with Crippen LogP contribution in [0.4, 0.5) is 0 Å². The molecule has 4 aliphatic heterocycles. The third-order valence-electron chi connectivity index (χ3n) is 3.66. The first-order chi connectivity index (χ1) is 7.42. The average molecular weight is 260 g/mol. The fraction of sp³-hybridized carbons (Fsp3) is 1.00. The molecule has 1 spiro atoms. The molecule has 0 bridgehead atoms. The normalized spacial score (nSPS) is 38.9. The second kappa shape index (κ2) is 3.19. The van der Waals surface area contributed by atoms with Gasteiger partial charge in [-0.05, 0) is 0 Å². The van der Waals surface area contributed by atoms with Gasteiger partial charge in [0.25, 0.3) is 0 Å². The minimum absolute atomic E-state index is 0.695. The van der Waals surface area contributed by atoms with Crippen molar-refractivity contribution in [2.24, 2.45) is 0 Å². The van der Waals surface area contributed by atoms with E-state index >= 15 is 0 Å². The first-order valence-corrected chi connectivity index (χ1v) is 7.75. The summed E-state index contributed by atoms with van der Waals surface area (Å²) in [5, 5.41) is 0. The van der Waals surface area contributed by atoms with Gasteiger partial charge in [0.15, 0.2) is 0 Å². The molecule has 4 nitrogen and oxygen atoms in total. The summed E-state index contributed by atoms with van der Waals surface area (Å²) in [6.45, 7) is 10.7. The van der Waals surface area contributed by atoms with Gasteiger partial charge in [-0.1, -0.05) is 0 Å². The number of nitrogens with zero attached hydrogens (tertiary/aromatic N) is 4. The van der Waals surface area contributed by atoms with Gasteiger partial charge in [-0.2, -0.15) is 0 Å². The number of hydrogen-bond acceptors (Lipinski definition) is 4. The van der Waals surface area contributed by atoms with Crippen molar-refractivity contribution in [2.45, 2.75) is 12.8 Å². The van der Waals surface area contributed by atoms with E-state index in [-0.39, 0.29) is 0 Å². The Kier molecular flexibility index (Phi) is 2.00. The van der Waals surface area contributed by atoms with E-state index < -0.39 is 13.7 Å². The standard InChI is InChI=1S/C10H20N4.Cu/c1-3-11-7-9-13-5-2-6-14-10-8-12-4-1;/h1-10H2;/q-4;+4. The summed E-state index contributed by atoms with van der Waals surface area (Å²) in [5.74, 6) is 0. The quantitative estimate of drug-likeness (QED) is 0.561. The summed E-state index contributed by atoms with van der Waals surface area (Å²) in [6.07, 6.45) is 2.77. The van der Waals surface area contributed by atoms with E-state index in [9.17, 15) is 0 Å². The summed E-state index contributed by atoms with van der Waals surface area (Å²) in [7, 11) is 0. The zero-order valence-electron chi connectivity index (χ0n) is 9.16. The summed E-state index contributed by atoms with van der Waals surface area (Å²) >= 11 is -0.695. The van der Waals surface area contributed by atoms with E-state index in [1.807, 2.05) is 0 Å². The van der Waals surface area contributed by atoms with Crippen molar-refractivity contribution in [3.05, 3.63) is 0 Å². The molecule has 0 saturated carbocycles. The van der Waals surface area contributed by atoms with E-state index in [0.29, 0.717) is 0 Å². The summed E-state index contributed by atoms with van der Waals surface area (Å²) < 4.78 is 11.2. The van der Waals surface area contributed by atoms with Crippen LogP contribution in [0.25, 0.3) is 0 Å². The molecule has 4 aliphatic rings. The van der Waals surface area contributed by atoms with Crippen LogP contribution in [0.1, 0.15) is 12.8 Å². The van der Waals surface area contributed by atoms with Crippen LogP contribution in [0.5, 0.6) is 0 Å². The Morgan fingerprint density at radius 1 is 0.467 bits per heavy atom. The molecule has 0 aliphatic carbocycles. The van der Waals surface area contributed by atoms with Crippen LogP contribution in [0.2, 0.25) is 0 Å². The van der Waals surface area contributed by atoms with Gasteiger partial charge in [0, 0.05) is 0 Å². The van der Waals surface area contributed by atoms with Crippen LogP contribution < -0.4 is 0 Å². The van der Waals surface area contributed by atoms with E-state index in [1.54, 1.807) is 0 Å². The van der Waals surface area contributed by atoms with Gasteiger partial charge in [-0.15, -0.1) is 0 Å². The zero-order chi connectivity index (χ0) is 9.88. The molecule has 4 rings (SSSR count). The Hall–Kier alpha value is 0.359. The molecule has 0 aromatic carbocycles. The van der Waals surface area contributed by atoms with Crippen LogP contribution in [-0.4, -0.2) is 68.0 Å². The molecule has 4 heterocycles.